The lowest BCUT2D eigenvalue weighted by molar-refractivity contribution is -0.147. The van der Waals surface area contributed by atoms with Gasteiger partial charge in [0.25, 0.3) is 0 Å². The smallest absolute Gasteiger partial charge is 0.305 e. The summed E-state index contributed by atoms with van der Waals surface area (Å²) < 4.78 is 5.55. The van der Waals surface area contributed by atoms with Gasteiger partial charge in [-0.3, -0.25) is 14.4 Å². The predicted molar refractivity (Wildman–Crippen MR) is 141 cm³/mol. The minimum atomic E-state index is -0.593. The zero-order chi connectivity index (χ0) is 26.2. The van der Waals surface area contributed by atoms with Crippen molar-refractivity contribution in [3.8, 4) is 0 Å². The van der Waals surface area contributed by atoms with Crippen molar-refractivity contribution in [1.29, 1.82) is 0 Å². The van der Waals surface area contributed by atoms with Crippen molar-refractivity contribution < 1.29 is 24.2 Å². The number of benzene rings is 1. The van der Waals surface area contributed by atoms with Gasteiger partial charge in [-0.25, -0.2) is 0 Å². The van der Waals surface area contributed by atoms with Crippen LogP contribution in [0.15, 0.2) is 55.6 Å². The number of unbranched alkanes of at least 4 members (excludes halogenated alkanes) is 2. The molecule has 1 fully saturated rings. The topological polar surface area (TPSA) is 105 Å². The largest absolute Gasteiger partial charge is 0.463 e. The molecule has 1 saturated carbocycles. The summed E-state index contributed by atoms with van der Waals surface area (Å²) in [6, 6.07) is 9.19. The number of hydrogen-bond donors (Lipinski definition) is 3. The Kier molecular flexibility index (Phi) is 13.0. The third-order valence-corrected chi connectivity index (χ3v) is 6.66. The summed E-state index contributed by atoms with van der Waals surface area (Å²) in [5.41, 5.74) is 0.417. The van der Waals surface area contributed by atoms with E-state index in [1.54, 1.807) is 6.08 Å². The lowest BCUT2D eigenvalue weighted by atomic mass is 9.94. The van der Waals surface area contributed by atoms with E-state index < -0.39 is 17.5 Å². The molecule has 2 amide bonds. The molecule has 0 spiro atoms. The average Bonchev–Trinajstić information content (AvgIpc) is 3.34. The zero-order valence-electron chi connectivity index (χ0n) is 21.4. The summed E-state index contributed by atoms with van der Waals surface area (Å²) >= 11 is 0. The Hall–Kier alpha value is -2.93. The highest BCUT2D eigenvalue weighted by Crippen LogP contribution is 2.31. The van der Waals surface area contributed by atoms with Crippen molar-refractivity contribution in [2.45, 2.75) is 82.2 Å². The molecular formula is C29H42N2O5. The van der Waals surface area contributed by atoms with E-state index in [4.69, 9.17) is 4.74 Å². The van der Waals surface area contributed by atoms with Crippen LogP contribution in [0.3, 0.4) is 0 Å². The molecule has 0 aliphatic heterocycles. The molecule has 2 rings (SSSR count). The van der Waals surface area contributed by atoms with E-state index in [-0.39, 0.29) is 37.4 Å². The molecule has 0 saturated heterocycles. The van der Waals surface area contributed by atoms with Crippen molar-refractivity contribution >= 4 is 17.8 Å². The van der Waals surface area contributed by atoms with Crippen molar-refractivity contribution in [2.75, 3.05) is 13.2 Å². The quantitative estimate of drug-likeness (QED) is 0.171. The summed E-state index contributed by atoms with van der Waals surface area (Å²) in [4.78, 5) is 38.2. The molecule has 0 aromatic heterocycles. The molecule has 1 aromatic carbocycles. The Bertz CT molecular complexity index is 848. The van der Waals surface area contributed by atoms with Gasteiger partial charge in [-0.2, -0.15) is 0 Å². The SMILES string of the molecule is C=CCCCCC(=O)OCC1(NC(=O)[C@H](CC=C)CC(=O)N[C@H](CO)Cc2ccccc2)CCCC1. The second-order valence-corrected chi connectivity index (χ2v) is 9.73. The van der Waals surface area contributed by atoms with E-state index in [1.807, 2.05) is 36.4 Å². The second-order valence-electron chi connectivity index (χ2n) is 9.73. The second kappa shape index (κ2) is 15.9. The third-order valence-electron chi connectivity index (χ3n) is 6.66. The highest BCUT2D eigenvalue weighted by Gasteiger charge is 2.38. The van der Waals surface area contributed by atoms with Gasteiger partial charge < -0.3 is 20.5 Å². The lowest BCUT2D eigenvalue weighted by Crippen LogP contribution is -2.52. The number of aliphatic hydroxyl groups is 1. The maximum atomic E-state index is 13.2. The Morgan fingerprint density at radius 3 is 2.44 bits per heavy atom. The first-order valence-corrected chi connectivity index (χ1v) is 13.0. The van der Waals surface area contributed by atoms with Gasteiger partial charge in [0.1, 0.15) is 6.61 Å². The summed E-state index contributed by atoms with van der Waals surface area (Å²) in [7, 11) is 0. The molecule has 36 heavy (non-hydrogen) atoms. The van der Waals surface area contributed by atoms with Crippen molar-refractivity contribution in [2.24, 2.45) is 5.92 Å². The van der Waals surface area contributed by atoms with E-state index in [2.05, 4.69) is 23.8 Å². The molecule has 7 heteroatoms. The van der Waals surface area contributed by atoms with Crippen LogP contribution in [0, 0.1) is 5.92 Å². The summed E-state index contributed by atoms with van der Waals surface area (Å²) in [5.74, 6) is -1.38. The van der Waals surface area contributed by atoms with E-state index in [1.165, 1.54) is 0 Å². The average molecular weight is 499 g/mol. The number of esters is 1. The van der Waals surface area contributed by atoms with Crippen LogP contribution in [0.4, 0.5) is 0 Å². The monoisotopic (exact) mass is 498 g/mol. The van der Waals surface area contributed by atoms with Gasteiger partial charge >= 0.3 is 5.97 Å². The Labute approximate surface area is 215 Å². The Morgan fingerprint density at radius 1 is 1.08 bits per heavy atom. The molecule has 2 atom stereocenters. The van der Waals surface area contributed by atoms with Crippen LogP contribution in [-0.2, 0) is 25.5 Å². The first-order chi connectivity index (χ1) is 17.4. The molecule has 1 aliphatic rings. The number of hydrogen-bond acceptors (Lipinski definition) is 5. The van der Waals surface area contributed by atoms with Crippen LogP contribution in [0.1, 0.15) is 69.8 Å². The first kappa shape index (κ1) is 29.3. The molecular weight excluding hydrogens is 456 g/mol. The number of allylic oxidation sites excluding steroid dienone is 2. The van der Waals surface area contributed by atoms with Gasteiger partial charge in [0.05, 0.1) is 24.1 Å². The van der Waals surface area contributed by atoms with Crippen LogP contribution < -0.4 is 10.6 Å². The predicted octanol–water partition coefficient (Wildman–Crippen LogP) is 4.01. The van der Waals surface area contributed by atoms with Crippen molar-refractivity contribution in [3.05, 3.63) is 61.2 Å². The Balaban J connectivity index is 1.91. The number of rotatable bonds is 17. The third kappa shape index (κ3) is 10.4. The van der Waals surface area contributed by atoms with Crippen LogP contribution in [0.2, 0.25) is 0 Å². The Morgan fingerprint density at radius 2 is 1.81 bits per heavy atom. The van der Waals surface area contributed by atoms with Gasteiger partial charge in [-0.1, -0.05) is 55.3 Å². The molecule has 7 nitrogen and oxygen atoms in total. The summed E-state index contributed by atoms with van der Waals surface area (Å²) in [5, 5.41) is 15.7. The van der Waals surface area contributed by atoms with Crippen LogP contribution >= 0.6 is 0 Å². The van der Waals surface area contributed by atoms with Crippen molar-refractivity contribution in [1.82, 2.24) is 10.6 Å². The molecule has 198 valence electrons. The fourth-order valence-electron chi connectivity index (χ4n) is 4.62. The van der Waals surface area contributed by atoms with E-state index in [0.717, 1.165) is 50.5 Å². The van der Waals surface area contributed by atoms with Gasteiger partial charge in [-0.05, 0) is 50.5 Å². The highest BCUT2D eigenvalue weighted by molar-refractivity contribution is 5.86. The van der Waals surface area contributed by atoms with E-state index in [0.29, 0.717) is 19.3 Å². The molecule has 1 aliphatic carbocycles. The normalized spacial score (nSPS) is 15.9. The molecule has 0 heterocycles. The fraction of sp³-hybridized carbons (Fsp3) is 0.552. The standard InChI is InChI=1S/C29H42N2O5/c1-3-5-6-10-16-27(34)36-22-29(17-11-12-18-29)31-28(35)24(13-4-2)20-26(33)30-25(21-32)19-23-14-8-7-9-15-23/h3-4,7-9,14-15,24-25,32H,1-2,5-6,10-13,16-22H2,(H,30,33)(H,31,35)/t24-,25+/m1/s1. The summed E-state index contributed by atoms with van der Waals surface area (Å²) in [6.07, 6.45) is 10.5. The molecule has 3 N–H and O–H groups in total. The number of aliphatic hydroxyl groups excluding tert-OH is 1. The van der Waals surface area contributed by atoms with Crippen LogP contribution in [-0.4, -0.2) is 47.7 Å². The van der Waals surface area contributed by atoms with Gasteiger partial charge in [0.2, 0.25) is 11.8 Å². The zero-order valence-corrected chi connectivity index (χ0v) is 21.4. The molecule has 0 unspecified atom stereocenters. The maximum Gasteiger partial charge on any atom is 0.305 e. The number of nitrogens with one attached hydrogen (secondary N) is 2. The number of amides is 2. The number of carbonyl (C=O) groups is 3. The highest BCUT2D eigenvalue weighted by atomic mass is 16.5. The van der Waals surface area contributed by atoms with Crippen molar-refractivity contribution in [3.63, 3.8) is 0 Å². The number of carbonyl (C=O) groups excluding carboxylic acids is 3. The first-order valence-electron chi connectivity index (χ1n) is 13.0. The van der Waals surface area contributed by atoms with Gasteiger partial charge in [-0.15, -0.1) is 13.2 Å². The minimum absolute atomic E-state index is 0.0116. The minimum Gasteiger partial charge on any atom is -0.463 e. The van der Waals surface area contributed by atoms with Crippen LogP contribution in [0.5, 0.6) is 0 Å². The lowest BCUT2D eigenvalue weighted by Gasteiger charge is -2.31. The molecule has 0 bridgehead atoms. The van der Waals surface area contributed by atoms with E-state index in [9.17, 15) is 19.5 Å². The number of ether oxygens (including phenoxy) is 1. The molecule has 1 aromatic rings. The molecule has 0 radical (unpaired) electrons. The summed E-state index contributed by atoms with van der Waals surface area (Å²) in [6.45, 7) is 7.39. The van der Waals surface area contributed by atoms with Gasteiger partial charge in [0.15, 0.2) is 0 Å². The van der Waals surface area contributed by atoms with E-state index >= 15 is 0 Å². The van der Waals surface area contributed by atoms with Crippen LogP contribution in [0.25, 0.3) is 0 Å². The fourth-order valence-corrected chi connectivity index (χ4v) is 4.62. The maximum absolute atomic E-state index is 13.2. The van der Waals surface area contributed by atoms with Gasteiger partial charge in [0, 0.05) is 12.8 Å².